The molecule has 4 nitrogen and oxygen atoms in total. The lowest BCUT2D eigenvalue weighted by molar-refractivity contribution is -0.107. The molecule has 1 heterocycles. The normalized spacial score (nSPS) is 20.8. The van der Waals surface area contributed by atoms with Crippen molar-refractivity contribution in [2.75, 3.05) is 17.0 Å². The van der Waals surface area contributed by atoms with Crippen LogP contribution in [0.2, 0.25) is 0 Å². The van der Waals surface area contributed by atoms with Crippen LogP contribution in [-0.4, -0.2) is 25.2 Å². The highest BCUT2D eigenvalue weighted by Crippen LogP contribution is 2.49. The summed E-state index contributed by atoms with van der Waals surface area (Å²) in [5.41, 5.74) is 3.69. The molecule has 0 radical (unpaired) electrons. The molecule has 1 aliphatic heterocycles. The summed E-state index contributed by atoms with van der Waals surface area (Å²) in [7, 11) is 2.07. The van der Waals surface area contributed by atoms with Crippen LogP contribution in [-0.2, 0) is 10.2 Å². The van der Waals surface area contributed by atoms with Gasteiger partial charge in [0, 0.05) is 18.2 Å². The molecule has 3 rings (SSSR count). The molecule has 1 amide bonds. The number of benzene rings is 2. The third-order valence-corrected chi connectivity index (χ3v) is 5.83. The van der Waals surface area contributed by atoms with Crippen LogP contribution in [0.15, 0.2) is 60.2 Å². The lowest BCUT2D eigenvalue weighted by Crippen LogP contribution is -2.53. The second kappa shape index (κ2) is 6.45. The van der Waals surface area contributed by atoms with E-state index in [1.807, 2.05) is 36.5 Å². The van der Waals surface area contributed by atoms with Gasteiger partial charge in [-0.25, -0.2) is 5.01 Å². The van der Waals surface area contributed by atoms with Gasteiger partial charge in [0.25, 0.3) is 0 Å². The Morgan fingerprint density at radius 2 is 1.73 bits per heavy atom. The number of hydrogen-bond acceptors (Lipinski definition) is 3. The maximum Gasteiger partial charge on any atom is 0.234 e. The van der Waals surface area contributed by atoms with Gasteiger partial charge in [0.15, 0.2) is 0 Å². The minimum Gasteiger partial charge on any atom is -0.363 e. The number of likely N-dealkylation sites (N-methyl/N-ethyl adjacent to an activating group) is 1. The summed E-state index contributed by atoms with van der Waals surface area (Å²) in [6.07, 6.45) is 4.38. The Labute approximate surface area is 155 Å². The molecule has 2 aromatic carbocycles. The van der Waals surface area contributed by atoms with E-state index >= 15 is 0 Å². The van der Waals surface area contributed by atoms with Crippen LogP contribution in [0.5, 0.6) is 0 Å². The first kappa shape index (κ1) is 17.9. The Hall–Kier alpha value is -2.88. The minimum atomic E-state index is -0.362. The standard InChI is InChI=1S/C22H25N3O/c1-6-17-11-13-18(14-12-17)25(16-26)23-15-22(4)21(2,3)19-9-7-8-10-20(19)24(22)5/h6-16H,1H2,2-5H3/b23-15+. The van der Waals surface area contributed by atoms with Crippen molar-refractivity contribution in [3.63, 3.8) is 0 Å². The number of carbonyl (C=O) groups excluding carboxylic acids is 1. The van der Waals surface area contributed by atoms with E-state index in [9.17, 15) is 4.79 Å². The Balaban J connectivity index is 1.95. The van der Waals surface area contributed by atoms with E-state index < -0.39 is 0 Å². The smallest absolute Gasteiger partial charge is 0.234 e. The highest BCUT2D eigenvalue weighted by atomic mass is 16.1. The van der Waals surface area contributed by atoms with Crippen LogP contribution in [0.3, 0.4) is 0 Å². The molecule has 134 valence electrons. The lowest BCUT2D eigenvalue weighted by Gasteiger charge is -2.40. The molecule has 0 saturated carbocycles. The first-order valence-electron chi connectivity index (χ1n) is 8.70. The predicted octanol–water partition coefficient (Wildman–Crippen LogP) is 4.46. The highest BCUT2D eigenvalue weighted by molar-refractivity contribution is 5.87. The molecule has 0 spiro atoms. The van der Waals surface area contributed by atoms with Crippen LogP contribution in [0.25, 0.3) is 6.08 Å². The van der Waals surface area contributed by atoms with Crippen molar-refractivity contribution in [2.24, 2.45) is 5.10 Å². The fraction of sp³-hybridized carbons (Fsp3) is 0.273. The Morgan fingerprint density at radius 3 is 2.31 bits per heavy atom. The number of fused-ring (bicyclic) bond motifs is 1. The average molecular weight is 347 g/mol. The monoisotopic (exact) mass is 347 g/mol. The van der Waals surface area contributed by atoms with E-state index in [4.69, 9.17) is 0 Å². The van der Waals surface area contributed by atoms with Crippen molar-refractivity contribution in [2.45, 2.75) is 31.7 Å². The van der Waals surface area contributed by atoms with Gasteiger partial charge in [-0.2, -0.15) is 5.10 Å². The average Bonchev–Trinajstić information content (AvgIpc) is 2.81. The molecule has 0 N–H and O–H groups in total. The van der Waals surface area contributed by atoms with Gasteiger partial charge in [0.05, 0.1) is 17.4 Å². The van der Waals surface area contributed by atoms with Crippen molar-refractivity contribution in [1.29, 1.82) is 0 Å². The summed E-state index contributed by atoms with van der Waals surface area (Å²) < 4.78 is 0. The van der Waals surface area contributed by atoms with Gasteiger partial charge < -0.3 is 4.90 Å². The maximum absolute atomic E-state index is 11.6. The number of para-hydroxylation sites is 1. The summed E-state index contributed by atoms with van der Waals surface area (Å²) in [4.78, 5) is 13.8. The van der Waals surface area contributed by atoms with Gasteiger partial charge in [0.1, 0.15) is 0 Å². The van der Waals surface area contributed by atoms with E-state index in [0.29, 0.717) is 0 Å². The second-order valence-corrected chi connectivity index (χ2v) is 7.34. The SMILES string of the molecule is C=Cc1ccc(N(C=O)/N=C/C2(C)N(C)c3ccccc3C2(C)C)cc1. The molecular weight excluding hydrogens is 322 g/mol. The highest BCUT2D eigenvalue weighted by Gasteiger charge is 2.51. The van der Waals surface area contributed by atoms with E-state index in [1.165, 1.54) is 16.3 Å². The molecule has 0 bridgehead atoms. The summed E-state index contributed by atoms with van der Waals surface area (Å²) in [5, 5.41) is 5.89. The fourth-order valence-electron chi connectivity index (χ4n) is 3.58. The summed E-state index contributed by atoms with van der Waals surface area (Å²) in [6.45, 7) is 10.3. The van der Waals surface area contributed by atoms with E-state index in [1.54, 1.807) is 6.08 Å². The number of hydrogen-bond donors (Lipinski definition) is 0. The summed E-state index contributed by atoms with van der Waals surface area (Å²) in [5.74, 6) is 0. The van der Waals surface area contributed by atoms with E-state index in [0.717, 1.165) is 17.7 Å². The van der Waals surface area contributed by atoms with Crippen LogP contribution in [0.1, 0.15) is 31.9 Å². The van der Waals surface area contributed by atoms with Gasteiger partial charge >= 0.3 is 0 Å². The largest absolute Gasteiger partial charge is 0.363 e. The van der Waals surface area contributed by atoms with Gasteiger partial charge in [-0.15, -0.1) is 0 Å². The van der Waals surface area contributed by atoms with Crippen LogP contribution in [0.4, 0.5) is 11.4 Å². The van der Waals surface area contributed by atoms with Crippen LogP contribution < -0.4 is 9.91 Å². The second-order valence-electron chi connectivity index (χ2n) is 7.34. The van der Waals surface area contributed by atoms with Crippen molar-refractivity contribution in [3.05, 3.63) is 66.2 Å². The Morgan fingerprint density at radius 1 is 1.08 bits per heavy atom. The Kier molecular flexibility index (Phi) is 4.45. The van der Waals surface area contributed by atoms with Crippen molar-refractivity contribution in [3.8, 4) is 0 Å². The quantitative estimate of drug-likeness (QED) is 0.455. The number of amides is 1. The number of nitrogens with zero attached hydrogens (tertiary/aromatic N) is 3. The van der Waals surface area contributed by atoms with Gasteiger partial charge in [-0.3, -0.25) is 4.79 Å². The predicted molar refractivity (Wildman–Crippen MR) is 110 cm³/mol. The Bertz CT molecular complexity index is 854. The zero-order valence-corrected chi connectivity index (χ0v) is 15.8. The molecule has 4 heteroatoms. The molecule has 1 unspecified atom stereocenters. The van der Waals surface area contributed by atoms with Crippen molar-refractivity contribution in [1.82, 2.24) is 0 Å². The third kappa shape index (κ3) is 2.62. The molecule has 1 aliphatic rings. The molecule has 2 aromatic rings. The molecule has 0 saturated heterocycles. The number of rotatable bonds is 5. The van der Waals surface area contributed by atoms with E-state index in [2.05, 4.69) is 62.6 Å². The summed E-state index contributed by atoms with van der Waals surface area (Å²) >= 11 is 0. The van der Waals surface area contributed by atoms with Crippen LogP contribution in [0, 0.1) is 0 Å². The van der Waals surface area contributed by atoms with Crippen molar-refractivity contribution < 1.29 is 4.79 Å². The van der Waals surface area contributed by atoms with Crippen LogP contribution >= 0.6 is 0 Å². The zero-order valence-electron chi connectivity index (χ0n) is 15.8. The molecule has 0 fully saturated rings. The number of carbonyl (C=O) groups is 1. The number of anilines is 2. The molecule has 0 aliphatic carbocycles. The molecule has 26 heavy (non-hydrogen) atoms. The van der Waals surface area contributed by atoms with Gasteiger partial charge in [-0.1, -0.05) is 56.8 Å². The third-order valence-electron chi connectivity index (χ3n) is 5.83. The lowest BCUT2D eigenvalue weighted by atomic mass is 9.72. The van der Waals surface area contributed by atoms with Crippen molar-refractivity contribution >= 4 is 30.1 Å². The zero-order chi connectivity index (χ0) is 18.9. The van der Waals surface area contributed by atoms with E-state index in [-0.39, 0.29) is 11.0 Å². The van der Waals surface area contributed by atoms with Gasteiger partial charge in [0.2, 0.25) is 6.41 Å². The molecule has 0 aromatic heterocycles. The maximum atomic E-state index is 11.6. The topological polar surface area (TPSA) is 35.9 Å². The number of hydrazone groups is 1. The fourth-order valence-corrected chi connectivity index (χ4v) is 3.58. The molecule has 1 atom stereocenters. The minimum absolute atomic E-state index is 0.150. The first-order valence-corrected chi connectivity index (χ1v) is 8.70. The first-order chi connectivity index (χ1) is 12.3. The van der Waals surface area contributed by atoms with Gasteiger partial charge in [-0.05, 0) is 36.2 Å². The summed E-state index contributed by atoms with van der Waals surface area (Å²) in [6, 6.07) is 16.0. The molecular formula is C22H25N3O.